The van der Waals surface area contributed by atoms with Gasteiger partial charge in [-0.15, -0.1) is 11.3 Å². The van der Waals surface area contributed by atoms with Crippen molar-refractivity contribution in [3.8, 4) is 0 Å². The highest BCUT2D eigenvalue weighted by Crippen LogP contribution is 2.20. The second-order valence-electron chi connectivity index (χ2n) is 5.90. The van der Waals surface area contributed by atoms with Gasteiger partial charge in [-0.3, -0.25) is 14.9 Å². The molecule has 128 valence electrons. The molecule has 0 bridgehead atoms. The fourth-order valence-electron chi connectivity index (χ4n) is 2.40. The van der Waals surface area contributed by atoms with Gasteiger partial charge in [-0.1, -0.05) is 11.6 Å². The van der Waals surface area contributed by atoms with E-state index in [0.29, 0.717) is 21.4 Å². The Labute approximate surface area is 150 Å². The van der Waals surface area contributed by atoms with E-state index in [9.17, 15) is 9.59 Å². The molecule has 0 fully saturated rings. The van der Waals surface area contributed by atoms with Gasteiger partial charge in [-0.05, 0) is 52.0 Å². The number of rotatable bonds is 5. The van der Waals surface area contributed by atoms with Gasteiger partial charge in [0.15, 0.2) is 5.13 Å². The van der Waals surface area contributed by atoms with Gasteiger partial charge >= 0.3 is 0 Å². The van der Waals surface area contributed by atoms with E-state index in [1.165, 1.54) is 11.3 Å². The molecule has 2 rings (SSSR count). The molecular weight excluding hydrogens is 346 g/mol. The molecule has 2 aromatic rings. The summed E-state index contributed by atoms with van der Waals surface area (Å²) < 4.78 is 0. The number of thiazole rings is 1. The zero-order chi connectivity index (χ0) is 17.9. The number of carbonyl (C=O) groups is 2. The minimum absolute atomic E-state index is 0.0753. The number of hydrogen-bond acceptors (Lipinski definition) is 4. The zero-order valence-electron chi connectivity index (χ0n) is 14.0. The number of hydrogen-bond donors (Lipinski definition) is 1. The lowest BCUT2D eigenvalue weighted by Gasteiger charge is -2.30. The molecule has 0 saturated heterocycles. The van der Waals surface area contributed by atoms with E-state index in [2.05, 4.69) is 10.3 Å². The highest BCUT2D eigenvalue weighted by Gasteiger charge is 2.24. The van der Waals surface area contributed by atoms with Gasteiger partial charge in [-0.25, -0.2) is 4.98 Å². The minimum Gasteiger partial charge on any atom is -0.332 e. The molecule has 0 saturated carbocycles. The predicted octanol–water partition coefficient (Wildman–Crippen LogP) is 4.31. The highest BCUT2D eigenvalue weighted by atomic mass is 35.5. The molecule has 0 spiro atoms. The Kier molecular flexibility index (Phi) is 5.96. The molecule has 2 amide bonds. The Balaban J connectivity index is 2.11. The lowest BCUT2D eigenvalue weighted by Crippen LogP contribution is -2.42. The molecule has 0 aliphatic carbocycles. The maximum atomic E-state index is 12.6. The third-order valence-corrected chi connectivity index (χ3v) is 4.41. The summed E-state index contributed by atoms with van der Waals surface area (Å²) >= 11 is 7.04. The van der Waals surface area contributed by atoms with Crippen LogP contribution in [0.2, 0.25) is 5.02 Å². The molecule has 7 heteroatoms. The zero-order valence-corrected chi connectivity index (χ0v) is 15.6. The van der Waals surface area contributed by atoms with Gasteiger partial charge in [0, 0.05) is 28.0 Å². The number of halogens is 1. The Morgan fingerprint density at radius 3 is 2.25 bits per heavy atom. The summed E-state index contributed by atoms with van der Waals surface area (Å²) in [6.45, 7) is 7.86. The Morgan fingerprint density at radius 2 is 1.71 bits per heavy atom. The van der Waals surface area contributed by atoms with E-state index in [1.807, 2.05) is 27.7 Å². The molecule has 0 radical (unpaired) electrons. The van der Waals surface area contributed by atoms with Gasteiger partial charge in [0.05, 0.1) is 0 Å². The van der Waals surface area contributed by atoms with E-state index >= 15 is 0 Å². The fourth-order valence-corrected chi connectivity index (χ4v) is 3.20. The van der Waals surface area contributed by atoms with Crippen molar-refractivity contribution in [2.45, 2.75) is 39.8 Å². The summed E-state index contributed by atoms with van der Waals surface area (Å²) in [5.74, 6) is -0.423. The quantitative estimate of drug-likeness (QED) is 0.858. The number of carbonyl (C=O) groups excluding carboxylic acids is 2. The first kappa shape index (κ1) is 18.4. The van der Waals surface area contributed by atoms with Crippen LogP contribution in [0.5, 0.6) is 0 Å². The molecule has 0 aliphatic rings. The SMILES string of the molecule is CC(C)N(C(=O)c1csc(NC(=O)c2ccc(Cl)cc2)n1)C(C)C. The van der Waals surface area contributed by atoms with Crippen LogP contribution in [0.25, 0.3) is 0 Å². The van der Waals surface area contributed by atoms with E-state index in [-0.39, 0.29) is 23.9 Å². The van der Waals surface area contributed by atoms with E-state index in [0.717, 1.165) is 0 Å². The van der Waals surface area contributed by atoms with Crippen molar-refractivity contribution in [1.29, 1.82) is 0 Å². The third-order valence-electron chi connectivity index (χ3n) is 3.40. The van der Waals surface area contributed by atoms with Crippen molar-refractivity contribution >= 4 is 39.9 Å². The second kappa shape index (κ2) is 7.77. The molecule has 0 atom stereocenters. The van der Waals surface area contributed by atoms with E-state index < -0.39 is 0 Å². The Morgan fingerprint density at radius 1 is 1.12 bits per heavy atom. The van der Waals surface area contributed by atoms with Gasteiger partial charge in [0.25, 0.3) is 11.8 Å². The molecule has 1 aromatic carbocycles. The number of anilines is 1. The molecule has 5 nitrogen and oxygen atoms in total. The molecule has 1 heterocycles. The second-order valence-corrected chi connectivity index (χ2v) is 7.19. The topological polar surface area (TPSA) is 62.3 Å². The summed E-state index contributed by atoms with van der Waals surface area (Å²) in [5, 5.41) is 5.33. The van der Waals surface area contributed by atoms with Gasteiger partial charge in [0.1, 0.15) is 5.69 Å². The van der Waals surface area contributed by atoms with Crippen LogP contribution in [0.1, 0.15) is 48.5 Å². The standard InChI is InChI=1S/C17H20ClN3O2S/c1-10(2)21(11(3)4)16(23)14-9-24-17(19-14)20-15(22)12-5-7-13(18)8-6-12/h5-11H,1-4H3,(H,19,20,22). The van der Waals surface area contributed by atoms with Crippen LogP contribution in [-0.4, -0.2) is 33.8 Å². The lowest BCUT2D eigenvalue weighted by atomic mass is 10.2. The van der Waals surface area contributed by atoms with Crippen LogP contribution in [0, 0.1) is 0 Å². The molecule has 0 aliphatic heterocycles. The number of amides is 2. The minimum atomic E-state index is -0.287. The highest BCUT2D eigenvalue weighted by molar-refractivity contribution is 7.14. The van der Waals surface area contributed by atoms with Gasteiger partial charge < -0.3 is 4.90 Å². The average molecular weight is 366 g/mol. The largest absolute Gasteiger partial charge is 0.332 e. The van der Waals surface area contributed by atoms with Gasteiger partial charge in [-0.2, -0.15) is 0 Å². The van der Waals surface area contributed by atoms with Crippen LogP contribution in [-0.2, 0) is 0 Å². The number of benzene rings is 1. The fraction of sp³-hybridized carbons (Fsp3) is 0.353. The summed E-state index contributed by atoms with van der Waals surface area (Å²) in [5.41, 5.74) is 0.822. The third kappa shape index (κ3) is 4.33. The van der Waals surface area contributed by atoms with Crippen LogP contribution in [0.15, 0.2) is 29.6 Å². The monoisotopic (exact) mass is 365 g/mol. The Bertz CT molecular complexity index is 718. The molecular formula is C17H20ClN3O2S. The van der Waals surface area contributed by atoms with Crippen molar-refractivity contribution in [2.24, 2.45) is 0 Å². The maximum absolute atomic E-state index is 12.6. The lowest BCUT2D eigenvalue weighted by molar-refractivity contribution is 0.0638. The summed E-state index contributed by atoms with van der Waals surface area (Å²) in [6.07, 6.45) is 0. The van der Waals surface area contributed by atoms with Crippen molar-refractivity contribution in [2.75, 3.05) is 5.32 Å². The first-order valence-electron chi connectivity index (χ1n) is 7.64. The summed E-state index contributed by atoms with van der Waals surface area (Å²) in [7, 11) is 0. The van der Waals surface area contributed by atoms with Crippen LogP contribution < -0.4 is 5.32 Å². The Hall–Kier alpha value is -1.92. The van der Waals surface area contributed by atoms with Crippen LogP contribution >= 0.6 is 22.9 Å². The maximum Gasteiger partial charge on any atom is 0.273 e. The van der Waals surface area contributed by atoms with Gasteiger partial charge in [0.2, 0.25) is 0 Å². The average Bonchev–Trinajstić information content (AvgIpc) is 2.95. The summed E-state index contributed by atoms with van der Waals surface area (Å²) in [4.78, 5) is 30.8. The molecule has 1 N–H and O–H groups in total. The number of nitrogens with zero attached hydrogens (tertiary/aromatic N) is 2. The molecule has 24 heavy (non-hydrogen) atoms. The van der Waals surface area contributed by atoms with Crippen molar-refractivity contribution in [3.63, 3.8) is 0 Å². The molecule has 1 aromatic heterocycles. The van der Waals surface area contributed by atoms with E-state index in [1.54, 1.807) is 34.5 Å². The van der Waals surface area contributed by atoms with Crippen molar-refractivity contribution in [3.05, 3.63) is 45.9 Å². The number of nitrogens with one attached hydrogen (secondary N) is 1. The van der Waals surface area contributed by atoms with Crippen molar-refractivity contribution in [1.82, 2.24) is 9.88 Å². The number of aromatic nitrogens is 1. The van der Waals surface area contributed by atoms with Crippen LogP contribution in [0.4, 0.5) is 5.13 Å². The van der Waals surface area contributed by atoms with Crippen molar-refractivity contribution < 1.29 is 9.59 Å². The first-order chi connectivity index (χ1) is 11.3. The predicted molar refractivity (Wildman–Crippen MR) is 98.0 cm³/mol. The smallest absolute Gasteiger partial charge is 0.273 e. The molecule has 0 unspecified atom stereocenters. The first-order valence-corrected chi connectivity index (χ1v) is 8.90. The summed E-state index contributed by atoms with van der Waals surface area (Å²) in [6, 6.07) is 6.72. The normalized spacial score (nSPS) is 11.0. The van der Waals surface area contributed by atoms with Crippen LogP contribution in [0.3, 0.4) is 0 Å². The van der Waals surface area contributed by atoms with E-state index in [4.69, 9.17) is 11.6 Å².